The van der Waals surface area contributed by atoms with Crippen LogP contribution in [-0.2, 0) is 4.79 Å². The number of rotatable bonds is 5. The summed E-state index contributed by atoms with van der Waals surface area (Å²) in [4.78, 5) is 30.1. The lowest BCUT2D eigenvalue weighted by Crippen LogP contribution is -2.33. The molecular weight excluding hydrogens is 327 g/mol. The summed E-state index contributed by atoms with van der Waals surface area (Å²) in [6.45, 7) is 3.06. The fourth-order valence-corrected chi connectivity index (χ4v) is 2.85. The van der Waals surface area contributed by atoms with Gasteiger partial charge in [-0.15, -0.1) is 0 Å². The van der Waals surface area contributed by atoms with E-state index < -0.39 is 11.7 Å². The van der Waals surface area contributed by atoms with Crippen LogP contribution in [0, 0.1) is 12.7 Å². The predicted octanol–water partition coefficient (Wildman–Crippen LogP) is 1.65. The maximum Gasteiger partial charge on any atom is 0.254 e. The van der Waals surface area contributed by atoms with Crippen molar-refractivity contribution in [3.8, 4) is 0 Å². The van der Waals surface area contributed by atoms with Gasteiger partial charge in [0.05, 0.1) is 11.5 Å². The van der Waals surface area contributed by atoms with Crippen molar-refractivity contribution >= 4 is 11.8 Å². The number of aryl methyl sites for hydroxylation is 1. The summed E-state index contributed by atoms with van der Waals surface area (Å²) in [5.74, 6) is 0.0251. The number of aromatic nitrogens is 2. The van der Waals surface area contributed by atoms with Gasteiger partial charge in [-0.2, -0.15) is 4.98 Å². The van der Waals surface area contributed by atoms with Crippen LogP contribution in [0.3, 0.4) is 0 Å². The first kappa shape index (κ1) is 17.1. The highest BCUT2D eigenvalue weighted by Crippen LogP contribution is 2.26. The van der Waals surface area contributed by atoms with Crippen molar-refractivity contribution in [3.63, 3.8) is 0 Å². The molecule has 7 nitrogen and oxygen atoms in total. The predicted molar refractivity (Wildman–Crippen MR) is 86.3 cm³/mol. The van der Waals surface area contributed by atoms with Crippen molar-refractivity contribution in [1.82, 2.24) is 20.4 Å². The number of likely N-dealkylation sites (tertiary alicyclic amines) is 1. The Bertz CT molecular complexity index is 777. The van der Waals surface area contributed by atoms with E-state index in [0.717, 1.165) is 6.42 Å². The smallest absolute Gasteiger partial charge is 0.254 e. The summed E-state index contributed by atoms with van der Waals surface area (Å²) in [5, 5.41) is 6.34. The highest BCUT2D eigenvalue weighted by molar-refractivity contribution is 5.94. The van der Waals surface area contributed by atoms with Gasteiger partial charge >= 0.3 is 0 Å². The van der Waals surface area contributed by atoms with Crippen molar-refractivity contribution in [2.75, 3.05) is 19.6 Å². The molecule has 1 N–H and O–H groups in total. The van der Waals surface area contributed by atoms with Gasteiger partial charge in [-0.25, -0.2) is 4.39 Å². The van der Waals surface area contributed by atoms with Crippen LogP contribution in [0.2, 0.25) is 0 Å². The molecule has 1 aromatic heterocycles. The van der Waals surface area contributed by atoms with Crippen LogP contribution in [0.5, 0.6) is 0 Å². The topological polar surface area (TPSA) is 88.3 Å². The van der Waals surface area contributed by atoms with Gasteiger partial charge in [0.1, 0.15) is 5.82 Å². The lowest BCUT2D eigenvalue weighted by Gasteiger charge is -2.16. The minimum absolute atomic E-state index is 0.0250. The number of carbonyl (C=O) groups is 2. The van der Waals surface area contributed by atoms with Crippen LogP contribution in [0.1, 0.15) is 40.8 Å². The second-order valence-corrected chi connectivity index (χ2v) is 5.99. The Hall–Kier alpha value is -2.77. The van der Waals surface area contributed by atoms with Gasteiger partial charge < -0.3 is 14.7 Å². The van der Waals surface area contributed by atoms with E-state index in [9.17, 15) is 14.0 Å². The lowest BCUT2D eigenvalue weighted by molar-refractivity contribution is -0.130. The van der Waals surface area contributed by atoms with Crippen LogP contribution in [0.15, 0.2) is 28.8 Å². The van der Waals surface area contributed by atoms with Gasteiger partial charge in [0.2, 0.25) is 11.8 Å². The maximum absolute atomic E-state index is 13.5. The quantitative estimate of drug-likeness (QED) is 0.889. The van der Waals surface area contributed by atoms with Crippen LogP contribution in [0.4, 0.5) is 4.39 Å². The average Bonchev–Trinajstić information content (AvgIpc) is 3.24. The summed E-state index contributed by atoms with van der Waals surface area (Å²) in [5.41, 5.74) is -0.0250. The molecule has 2 amide bonds. The molecule has 1 atom stereocenters. The van der Waals surface area contributed by atoms with Crippen molar-refractivity contribution < 1.29 is 18.5 Å². The summed E-state index contributed by atoms with van der Waals surface area (Å²) in [6.07, 6.45) is 0.935. The fraction of sp³-hybridized carbons (Fsp3) is 0.412. The van der Waals surface area contributed by atoms with E-state index in [2.05, 4.69) is 15.5 Å². The Morgan fingerprint density at radius 2 is 2.20 bits per heavy atom. The SMILES string of the molecule is Cc1noc(C2CCN(C(=O)CCNC(=O)c3ccccc3F)C2)n1. The molecule has 8 heteroatoms. The van der Waals surface area contributed by atoms with Crippen molar-refractivity contribution in [1.29, 1.82) is 0 Å². The lowest BCUT2D eigenvalue weighted by atomic mass is 10.1. The highest BCUT2D eigenvalue weighted by atomic mass is 19.1. The molecule has 2 aromatic rings. The third-order valence-electron chi connectivity index (χ3n) is 4.18. The number of nitrogens with zero attached hydrogens (tertiary/aromatic N) is 3. The Morgan fingerprint density at radius 1 is 1.40 bits per heavy atom. The number of halogens is 1. The summed E-state index contributed by atoms with van der Waals surface area (Å²) in [7, 11) is 0. The van der Waals surface area contributed by atoms with Gasteiger partial charge in [-0.3, -0.25) is 9.59 Å². The molecule has 25 heavy (non-hydrogen) atoms. The zero-order valence-electron chi connectivity index (χ0n) is 13.9. The van der Waals surface area contributed by atoms with Crippen molar-refractivity contribution in [2.45, 2.75) is 25.7 Å². The Morgan fingerprint density at radius 3 is 2.92 bits per heavy atom. The number of hydrogen-bond donors (Lipinski definition) is 1. The molecule has 1 aliphatic rings. The highest BCUT2D eigenvalue weighted by Gasteiger charge is 2.30. The Balaban J connectivity index is 1.45. The average molecular weight is 346 g/mol. The van der Waals surface area contributed by atoms with Gasteiger partial charge in [-0.05, 0) is 25.5 Å². The third kappa shape index (κ3) is 4.01. The summed E-state index contributed by atoms with van der Waals surface area (Å²) in [6, 6.07) is 5.74. The molecular formula is C17H19FN4O3. The molecule has 1 aliphatic heterocycles. The van der Waals surface area contributed by atoms with E-state index in [0.29, 0.717) is 24.8 Å². The number of nitrogens with one attached hydrogen (secondary N) is 1. The van der Waals surface area contributed by atoms with Crippen LogP contribution in [0.25, 0.3) is 0 Å². The number of benzene rings is 1. The van der Waals surface area contributed by atoms with Crippen LogP contribution in [-0.4, -0.2) is 46.5 Å². The van der Waals surface area contributed by atoms with Crippen molar-refractivity contribution in [3.05, 3.63) is 47.4 Å². The molecule has 1 fully saturated rings. The second kappa shape index (κ2) is 7.42. The van der Waals surface area contributed by atoms with E-state index in [1.54, 1.807) is 17.9 Å². The second-order valence-electron chi connectivity index (χ2n) is 5.99. The molecule has 1 aromatic carbocycles. The van der Waals surface area contributed by atoms with Crippen LogP contribution >= 0.6 is 0 Å². The summed E-state index contributed by atoms with van der Waals surface area (Å²) >= 11 is 0. The first-order valence-electron chi connectivity index (χ1n) is 8.15. The molecule has 0 spiro atoms. The first-order valence-corrected chi connectivity index (χ1v) is 8.15. The molecule has 1 saturated heterocycles. The molecule has 2 heterocycles. The minimum Gasteiger partial charge on any atom is -0.351 e. The zero-order valence-corrected chi connectivity index (χ0v) is 13.9. The fourth-order valence-electron chi connectivity index (χ4n) is 2.85. The molecule has 0 aliphatic carbocycles. The van der Waals surface area contributed by atoms with E-state index >= 15 is 0 Å². The zero-order chi connectivity index (χ0) is 17.8. The molecule has 0 saturated carbocycles. The van der Waals surface area contributed by atoms with E-state index in [-0.39, 0.29) is 30.4 Å². The van der Waals surface area contributed by atoms with E-state index in [4.69, 9.17) is 4.52 Å². The largest absolute Gasteiger partial charge is 0.351 e. The third-order valence-corrected chi connectivity index (χ3v) is 4.18. The standard InChI is InChI=1S/C17H19FN4O3/c1-11-20-17(25-21-11)12-7-9-22(10-12)15(23)6-8-19-16(24)13-4-2-3-5-14(13)18/h2-5,12H,6-10H2,1H3,(H,19,24). The summed E-state index contributed by atoms with van der Waals surface area (Å²) < 4.78 is 18.7. The molecule has 0 bridgehead atoms. The molecule has 3 rings (SSSR count). The van der Waals surface area contributed by atoms with Crippen LogP contribution < -0.4 is 5.32 Å². The van der Waals surface area contributed by atoms with Gasteiger partial charge in [-0.1, -0.05) is 17.3 Å². The Labute approximate surface area is 144 Å². The van der Waals surface area contributed by atoms with Gasteiger partial charge in [0, 0.05) is 26.1 Å². The molecule has 1 unspecified atom stereocenters. The maximum atomic E-state index is 13.5. The number of amides is 2. The van der Waals surface area contributed by atoms with Gasteiger partial charge in [0.15, 0.2) is 5.82 Å². The van der Waals surface area contributed by atoms with Gasteiger partial charge in [0.25, 0.3) is 5.91 Å². The number of carbonyl (C=O) groups excluding carboxylic acids is 2. The van der Waals surface area contributed by atoms with Crippen molar-refractivity contribution in [2.24, 2.45) is 0 Å². The molecule has 0 radical (unpaired) electrons. The monoisotopic (exact) mass is 346 g/mol. The Kier molecular flexibility index (Phi) is 5.06. The normalized spacial score (nSPS) is 16.9. The minimum atomic E-state index is -0.580. The first-order chi connectivity index (χ1) is 12.0. The molecule has 132 valence electrons. The van der Waals surface area contributed by atoms with E-state index in [1.807, 2.05) is 0 Å². The number of hydrogen-bond acceptors (Lipinski definition) is 5. The van der Waals surface area contributed by atoms with E-state index in [1.165, 1.54) is 18.2 Å².